The lowest BCUT2D eigenvalue weighted by molar-refractivity contribution is -0.145. The van der Waals surface area contributed by atoms with Gasteiger partial charge in [-0.2, -0.15) is 0 Å². The molecule has 2 rings (SSSR count). The molecule has 2 fully saturated rings. The van der Waals surface area contributed by atoms with Gasteiger partial charge < -0.3 is 20.2 Å². The average Bonchev–Trinajstić information content (AvgIpc) is 2.34. The summed E-state index contributed by atoms with van der Waals surface area (Å²) in [5, 5.41) is 29.3. The summed E-state index contributed by atoms with van der Waals surface area (Å²) in [5.41, 5.74) is -0.742. The Morgan fingerprint density at radius 3 is 2.47 bits per heavy atom. The Hall–Kier alpha value is -0.650. The van der Waals surface area contributed by atoms with Crippen LogP contribution in [0.25, 0.3) is 0 Å². The Kier molecular flexibility index (Phi) is 4.48. The van der Waals surface area contributed by atoms with Crippen LogP contribution < -0.4 is 0 Å². The fraction of sp³-hybridized carbons (Fsp3) is 0.929. The lowest BCUT2D eigenvalue weighted by Gasteiger charge is -2.42. The van der Waals surface area contributed by atoms with E-state index in [-0.39, 0.29) is 17.9 Å². The second-order valence-corrected chi connectivity index (χ2v) is 6.41. The molecule has 0 aromatic rings. The summed E-state index contributed by atoms with van der Waals surface area (Å²) >= 11 is 0. The zero-order chi connectivity index (χ0) is 14.0. The van der Waals surface area contributed by atoms with Crippen LogP contribution in [0.3, 0.4) is 0 Å². The van der Waals surface area contributed by atoms with Gasteiger partial charge >= 0.3 is 5.97 Å². The maximum atomic E-state index is 10.9. The van der Waals surface area contributed by atoms with Gasteiger partial charge in [-0.15, -0.1) is 0 Å². The fourth-order valence-corrected chi connectivity index (χ4v) is 3.34. The van der Waals surface area contributed by atoms with Crippen molar-refractivity contribution in [2.75, 3.05) is 19.6 Å². The van der Waals surface area contributed by atoms with Crippen molar-refractivity contribution in [3.05, 3.63) is 0 Å². The predicted octanol–water partition coefficient (Wildman–Crippen LogP) is 0.695. The molecule has 2 aliphatic rings. The van der Waals surface area contributed by atoms with Gasteiger partial charge in [-0.1, -0.05) is 6.92 Å². The number of hydrogen-bond donors (Lipinski definition) is 3. The van der Waals surface area contributed by atoms with Gasteiger partial charge in [-0.05, 0) is 38.0 Å². The predicted molar refractivity (Wildman–Crippen MR) is 70.8 cm³/mol. The molecular formula is C14H25NO4. The molecule has 5 nitrogen and oxygen atoms in total. The summed E-state index contributed by atoms with van der Waals surface area (Å²) in [5.74, 6) is -0.785. The van der Waals surface area contributed by atoms with Crippen LogP contribution >= 0.6 is 0 Å². The number of aliphatic hydroxyl groups is 2. The number of aliphatic hydroxyl groups excluding tert-OH is 1. The molecule has 2 unspecified atom stereocenters. The lowest BCUT2D eigenvalue weighted by Crippen LogP contribution is -2.51. The second kappa shape index (κ2) is 5.77. The number of carbonyl (C=O) groups is 1. The van der Waals surface area contributed by atoms with E-state index >= 15 is 0 Å². The van der Waals surface area contributed by atoms with Crippen molar-refractivity contribution in [3.8, 4) is 0 Å². The van der Waals surface area contributed by atoms with Gasteiger partial charge in [0, 0.05) is 19.6 Å². The number of rotatable bonds is 3. The third-order valence-electron chi connectivity index (χ3n) is 4.73. The Bertz CT molecular complexity index is 325. The first kappa shape index (κ1) is 14.8. The molecule has 1 aliphatic carbocycles. The van der Waals surface area contributed by atoms with Crippen LogP contribution in [-0.4, -0.2) is 57.5 Å². The molecule has 3 N–H and O–H groups in total. The van der Waals surface area contributed by atoms with E-state index in [9.17, 15) is 15.0 Å². The molecule has 5 heteroatoms. The van der Waals surface area contributed by atoms with E-state index in [4.69, 9.17) is 5.11 Å². The zero-order valence-electron chi connectivity index (χ0n) is 11.6. The number of carboxylic acid groups (broad SMARTS) is 1. The van der Waals surface area contributed by atoms with E-state index in [0.29, 0.717) is 32.2 Å². The first-order valence-corrected chi connectivity index (χ1v) is 7.25. The van der Waals surface area contributed by atoms with E-state index in [2.05, 4.69) is 4.90 Å². The molecule has 1 aliphatic heterocycles. The zero-order valence-corrected chi connectivity index (χ0v) is 11.6. The smallest absolute Gasteiger partial charge is 0.306 e. The normalized spacial score (nSPS) is 41.1. The highest BCUT2D eigenvalue weighted by Gasteiger charge is 2.38. The van der Waals surface area contributed by atoms with E-state index in [0.717, 1.165) is 19.5 Å². The van der Waals surface area contributed by atoms with Crippen molar-refractivity contribution in [1.29, 1.82) is 0 Å². The van der Waals surface area contributed by atoms with Crippen LogP contribution in [-0.2, 0) is 4.79 Å². The molecule has 0 bridgehead atoms. The molecule has 110 valence electrons. The molecule has 1 saturated heterocycles. The minimum absolute atomic E-state index is 0.228. The van der Waals surface area contributed by atoms with Crippen molar-refractivity contribution in [1.82, 2.24) is 4.90 Å². The van der Waals surface area contributed by atoms with Crippen molar-refractivity contribution in [3.63, 3.8) is 0 Å². The van der Waals surface area contributed by atoms with Crippen LogP contribution in [0, 0.1) is 11.8 Å². The van der Waals surface area contributed by atoms with Gasteiger partial charge in [0.25, 0.3) is 0 Å². The van der Waals surface area contributed by atoms with Crippen LogP contribution in [0.5, 0.6) is 0 Å². The SMILES string of the molecule is CC1CN(CC2(O)CCC(C(=O)O)CC2)CCC1O. The third kappa shape index (κ3) is 3.68. The van der Waals surface area contributed by atoms with E-state index in [1.54, 1.807) is 0 Å². The highest BCUT2D eigenvalue weighted by molar-refractivity contribution is 5.70. The third-order valence-corrected chi connectivity index (χ3v) is 4.73. The van der Waals surface area contributed by atoms with Crippen LogP contribution in [0.1, 0.15) is 39.0 Å². The van der Waals surface area contributed by atoms with E-state index < -0.39 is 11.6 Å². The lowest BCUT2D eigenvalue weighted by atomic mass is 9.78. The highest BCUT2D eigenvalue weighted by Crippen LogP contribution is 2.33. The minimum Gasteiger partial charge on any atom is -0.481 e. The fourth-order valence-electron chi connectivity index (χ4n) is 3.34. The van der Waals surface area contributed by atoms with Gasteiger partial charge in [0.15, 0.2) is 0 Å². The number of carboxylic acids is 1. The standard InChI is InChI=1S/C14H25NO4/c1-10-8-15(7-4-12(10)16)9-14(19)5-2-11(3-6-14)13(17)18/h10-12,16,19H,2-9H2,1H3,(H,17,18). The van der Waals surface area contributed by atoms with Crippen molar-refractivity contribution in [2.24, 2.45) is 11.8 Å². The molecule has 1 saturated carbocycles. The minimum atomic E-state index is -0.742. The number of nitrogens with zero attached hydrogens (tertiary/aromatic N) is 1. The summed E-state index contributed by atoms with van der Waals surface area (Å²) in [6, 6.07) is 0. The van der Waals surface area contributed by atoms with E-state index in [1.807, 2.05) is 6.92 Å². The van der Waals surface area contributed by atoms with Crippen LogP contribution in [0.15, 0.2) is 0 Å². The summed E-state index contributed by atoms with van der Waals surface area (Å²) in [4.78, 5) is 13.1. The Morgan fingerprint density at radius 1 is 1.32 bits per heavy atom. The maximum absolute atomic E-state index is 10.9. The Morgan fingerprint density at radius 2 is 1.95 bits per heavy atom. The number of hydrogen-bond acceptors (Lipinski definition) is 4. The molecule has 19 heavy (non-hydrogen) atoms. The van der Waals surface area contributed by atoms with Gasteiger partial charge in [0.1, 0.15) is 0 Å². The summed E-state index contributed by atoms with van der Waals surface area (Å²) in [6.45, 7) is 4.26. The van der Waals surface area contributed by atoms with Gasteiger partial charge in [0.05, 0.1) is 17.6 Å². The molecular weight excluding hydrogens is 246 g/mol. The van der Waals surface area contributed by atoms with E-state index in [1.165, 1.54) is 0 Å². The maximum Gasteiger partial charge on any atom is 0.306 e. The molecule has 0 aromatic carbocycles. The highest BCUT2D eigenvalue weighted by atomic mass is 16.4. The first-order chi connectivity index (χ1) is 8.89. The molecule has 0 aromatic heterocycles. The van der Waals surface area contributed by atoms with Gasteiger partial charge in [-0.25, -0.2) is 0 Å². The number of piperidine rings is 1. The quantitative estimate of drug-likeness (QED) is 0.704. The number of aliphatic carboxylic acids is 1. The van der Waals surface area contributed by atoms with Crippen molar-refractivity contribution < 1.29 is 20.1 Å². The average molecular weight is 271 g/mol. The van der Waals surface area contributed by atoms with Crippen LogP contribution in [0.4, 0.5) is 0 Å². The van der Waals surface area contributed by atoms with Crippen molar-refractivity contribution in [2.45, 2.75) is 50.7 Å². The molecule has 0 radical (unpaired) electrons. The summed E-state index contributed by atoms with van der Waals surface area (Å²) < 4.78 is 0. The van der Waals surface area contributed by atoms with Gasteiger partial charge in [0.2, 0.25) is 0 Å². The Labute approximate surface area is 114 Å². The number of likely N-dealkylation sites (tertiary alicyclic amines) is 1. The molecule has 0 spiro atoms. The topological polar surface area (TPSA) is 81.0 Å². The molecule has 2 atom stereocenters. The second-order valence-electron chi connectivity index (χ2n) is 6.41. The Balaban J connectivity index is 1.84. The summed E-state index contributed by atoms with van der Waals surface area (Å²) in [6.07, 6.45) is 2.80. The van der Waals surface area contributed by atoms with Crippen LogP contribution in [0.2, 0.25) is 0 Å². The number of β-amino-alcohol motifs (C(OH)–C–C–N with tert-alkyl or cyclic N) is 1. The van der Waals surface area contributed by atoms with Gasteiger partial charge in [-0.3, -0.25) is 4.79 Å². The molecule has 1 heterocycles. The largest absolute Gasteiger partial charge is 0.481 e. The monoisotopic (exact) mass is 271 g/mol. The molecule has 0 amide bonds. The van der Waals surface area contributed by atoms with Crippen molar-refractivity contribution >= 4 is 5.97 Å². The summed E-state index contributed by atoms with van der Waals surface area (Å²) in [7, 11) is 0. The first-order valence-electron chi connectivity index (χ1n) is 7.25.